The number of benzene rings is 1. The van der Waals surface area contributed by atoms with Crippen molar-refractivity contribution in [1.82, 2.24) is 9.97 Å². The molecule has 1 aromatic carbocycles. The molecule has 0 bridgehead atoms. The number of nitrogens with zero attached hydrogens (tertiary/aromatic N) is 2. The maximum absolute atomic E-state index is 9.41. The highest BCUT2D eigenvalue weighted by Gasteiger charge is 2.29. The Balaban J connectivity index is 2.03. The molecule has 1 saturated carbocycles. The Bertz CT molecular complexity index is 639. The maximum Gasteiger partial charge on any atom is 0.161 e. The normalized spacial score (nSPS) is 14.2. The van der Waals surface area contributed by atoms with Crippen LogP contribution >= 0.6 is 15.9 Å². The SMILES string of the molecule is CCCNc1nc(-c2ccc(O)cc2)nc(C2CC2)c1Br. The lowest BCUT2D eigenvalue weighted by atomic mass is 10.2. The van der Waals surface area contributed by atoms with E-state index in [-0.39, 0.29) is 5.75 Å². The Morgan fingerprint density at radius 3 is 2.57 bits per heavy atom. The molecule has 0 atom stereocenters. The molecule has 0 amide bonds. The first-order valence-corrected chi connectivity index (χ1v) is 8.09. The molecule has 3 rings (SSSR count). The van der Waals surface area contributed by atoms with E-state index in [1.807, 2.05) is 12.1 Å². The molecule has 4 nitrogen and oxygen atoms in total. The highest BCUT2D eigenvalue weighted by Crippen LogP contribution is 2.44. The second kappa shape index (κ2) is 6.02. The van der Waals surface area contributed by atoms with Gasteiger partial charge in [0.15, 0.2) is 5.82 Å². The Labute approximate surface area is 132 Å². The number of nitrogens with one attached hydrogen (secondary N) is 1. The van der Waals surface area contributed by atoms with Gasteiger partial charge >= 0.3 is 0 Å². The van der Waals surface area contributed by atoms with Gasteiger partial charge in [0.25, 0.3) is 0 Å². The predicted molar refractivity (Wildman–Crippen MR) is 87.6 cm³/mol. The summed E-state index contributed by atoms with van der Waals surface area (Å²) in [5.74, 6) is 2.36. The van der Waals surface area contributed by atoms with Gasteiger partial charge in [0.2, 0.25) is 0 Å². The van der Waals surface area contributed by atoms with E-state index in [0.29, 0.717) is 11.7 Å². The molecule has 1 aliphatic rings. The predicted octanol–water partition coefficient (Wildman–Crippen LogP) is 4.31. The number of phenolic OH excluding ortho intramolecular Hbond substituents is 1. The van der Waals surface area contributed by atoms with Crippen LogP contribution in [0.3, 0.4) is 0 Å². The van der Waals surface area contributed by atoms with Crippen LogP contribution in [0, 0.1) is 0 Å². The molecule has 5 heteroatoms. The lowest BCUT2D eigenvalue weighted by Gasteiger charge is -2.12. The second-order valence-electron chi connectivity index (χ2n) is 5.34. The van der Waals surface area contributed by atoms with Gasteiger partial charge in [0, 0.05) is 18.0 Å². The molecule has 21 heavy (non-hydrogen) atoms. The van der Waals surface area contributed by atoms with Crippen LogP contribution in [0.2, 0.25) is 0 Å². The molecule has 2 N–H and O–H groups in total. The Morgan fingerprint density at radius 2 is 1.95 bits per heavy atom. The first kappa shape index (κ1) is 14.3. The lowest BCUT2D eigenvalue weighted by molar-refractivity contribution is 0.475. The molecule has 0 radical (unpaired) electrons. The van der Waals surface area contributed by atoms with Crippen LogP contribution in [0.1, 0.15) is 37.8 Å². The smallest absolute Gasteiger partial charge is 0.161 e. The third kappa shape index (κ3) is 3.18. The van der Waals surface area contributed by atoms with Crippen molar-refractivity contribution in [3.8, 4) is 17.1 Å². The summed E-state index contributed by atoms with van der Waals surface area (Å²) in [5.41, 5.74) is 2.01. The summed E-state index contributed by atoms with van der Waals surface area (Å²) < 4.78 is 0.987. The molecular formula is C16H18BrN3O. The molecule has 1 fully saturated rings. The van der Waals surface area contributed by atoms with Crippen molar-refractivity contribution >= 4 is 21.7 Å². The topological polar surface area (TPSA) is 58.0 Å². The van der Waals surface area contributed by atoms with Gasteiger partial charge in [-0.15, -0.1) is 0 Å². The molecule has 1 aromatic heterocycles. The molecular weight excluding hydrogens is 330 g/mol. The van der Waals surface area contributed by atoms with E-state index in [1.54, 1.807) is 12.1 Å². The van der Waals surface area contributed by atoms with Crippen molar-refractivity contribution < 1.29 is 5.11 Å². The number of hydrogen-bond donors (Lipinski definition) is 2. The lowest BCUT2D eigenvalue weighted by Crippen LogP contribution is -2.07. The fourth-order valence-electron chi connectivity index (χ4n) is 2.19. The summed E-state index contributed by atoms with van der Waals surface area (Å²) in [7, 11) is 0. The van der Waals surface area contributed by atoms with E-state index in [1.165, 1.54) is 12.8 Å². The van der Waals surface area contributed by atoms with Crippen LogP contribution in [0.15, 0.2) is 28.7 Å². The van der Waals surface area contributed by atoms with Crippen molar-refractivity contribution in [3.63, 3.8) is 0 Å². The van der Waals surface area contributed by atoms with Gasteiger partial charge < -0.3 is 10.4 Å². The van der Waals surface area contributed by atoms with Crippen LogP contribution in [0.4, 0.5) is 5.82 Å². The first-order valence-electron chi connectivity index (χ1n) is 7.29. The van der Waals surface area contributed by atoms with Crippen molar-refractivity contribution in [3.05, 3.63) is 34.4 Å². The Morgan fingerprint density at radius 1 is 1.24 bits per heavy atom. The molecule has 110 valence electrons. The molecule has 2 aromatic rings. The summed E-state index contributed by atoms with van der Waals surface area (Å²) in [4.78, 5) is 9.35. The number of rotatable bonds is 5. The minimum atomic E-state index is 0.252. The average Bonchev–Trinajstić information content (AvgIpc) is 3.32. The van der Waals surface area contributed by atoms with E-state index >= 15 is 0 Å². The number of anilines is 1. The fraction of sp³-hybridized carbons (Fsp3) is 0.375. The summed E-state index contributed by atoms with van der Waals surface area (Å²) in [6.45, 7) is 3.01. The number of phenols is 1. The van der Waals surface area contributed by atoms with Crippen molar-refractivity contribution in [2.24, 2.45) is 0 Å². The van der Waals surface area contributed by atoms with Gasteiger partial charge in [-0.25, -0.2) is 9.97 Å². The van der Waals surface area contributed by atoms with Crippen LogP contribution in [-0.2, 0) is 0 Å². The van der Waals surface area contributed by atoms with Gasteiger partial charge in [0.05, 0.1) is 10.2 Å². The number of hydrogen-bond acceptors (Lipinski definition) is 4. The molecule has 1 aliphatic carbocycles. The van der Waals surface area contributed by atoms with Crippen molar-refractivity contribution in [2.75, 3.05) is 11.9 Å². The van der Waals surface area contributed by atoms with E-state index in [9.17, 15) is 5.11 Å². The molecule has 1 heterocycles. The highest BCUT2D eigenvalue weighted by molar-refractivity contribution is 9.10. The van der Waals surface area contributed by atoms with Gasteiger partial charge in [0.1, 0.15) is 11.6 Å². The summed E-state index contributed by atoms with van der Waals surface area (Å²) in [6.07, 6.45) is 3.43. The largest absolute Gasteiger partial charge is 0.508 e. The third-order valence-corrected chi connectivity index (χ3v) is 4.29. The van der Waals surface area contributed by atoms with Gasteiger partial charge in [-0.05, 0) is 59.5 Å². The van der Waals surface area contributed by atoms with Gasteiger partial charge in [-0.2, -0.15) is 0 Å². The molecule has 0 spiro atoms. The molecule has 0 saturated heterocycles. The Kier molecular flexibility index (Phi) is 4.10. The number of halogens is 1. The zero-order valence-electron chi connectivity index (χ0n) is 11.9. The van der Waals surface area contributed by atoms with Crippen LogP contribution in [-0.4, -0.2) is 21.6 Å². The van der Waals surface area contributed by atoms with Crippen molar-refractivity contribution in [2.45, 2.75) is 32.1 Å². The first-order chi connectivity index (χ1) is 10.2. The molecule has 0 aliphatic heterocycles. The van der Waals surface area contributed by atoms with E-state index in [2.05, 4.69) is 33.2 Å². The number of aromatic hydroxyl groups is 1. The quantitative estimate of drug-likeness (QED) is 0.845. The monoisotopic (exact) mass is 347 g/mol. The summed E-state index contributed by atoms with van der Waals surface area (Å²) in [6, 6.07) is 7.02. The van der Waals surface area contributed by atoms with E-state index in [4.69, 9.17) is 4.98 Å². The van der Waals surface area contributed by atoms with E-state index < -0.39 is 0 Å². The standard InChI is InChI=1S/C16H18BrN3O/c1-2-9-18-16-13(17)14(10-3-4-10)19-15(20-16)11-5-7-12(21)8-6-11/h5-8,10,21H,2-4,9H2,1H3,(H,18,19,20). The van der Waals surface area contributed by atoms with Crippen LogP contribution < -0.4 is 5.32 Å². The fourth-order valence-corrected chi connectivity index (χ4v) is 2.83. The maximum atomic E-state index is 9.41. The minimum Gasteiger partial charge on any atom is -0.508 e. The number of aromatic nitrogens is 2. The van der Waals surface area contributed by atoms with Gasteiger partial charge in [-0.3, -0.25) is 0 Å². The third-order valence-electron chi connectivity index (χ3n) is 3.51. The summed E-state index contributed by atoms with van der Waals surface area (Å²) >= 11 is 3.64. The van der Waals surface area contributed by atoms with Crippen molar-refractivity contribution in [1.29, 1.82) is 0 Å². The Hall–Kier alpha value is -1.62. The van der Waals surface area contributed by atoms with Crippen LogP contribution in [0.25, 0.3) is 11.4 Å². The van der Waals surface area contributed by atoms with Crippen LogP contribution in [0.5, 0.6) is 5.75 Å². The zero-order valence-corrected chi connectivity index (χ0v) is 13.5. The molecule has 0 unspecified atom stereocenters. The summed E-state index contributed by atoms with van der Waals surface area (Å²) in [5, 5.41) is 12.8. The highest BCUT2D eigenvalue weighted by atomic mass is 79.9. The second-order valence-corrected chi connectivity index (χ2v) is 6.14. The minimum absolute atomic E-state index is 0.252. The van der Waals surface area contributed by atoms with E-state index in [0.717, 1.165) is 34.5 Å². The van der Waals surface area contributed by atoms with Gasteiger partial charge in [-0.1, -0.05) is 6.92 Å². The zero-order chi connectivity index (χ0) is 14.8. The average molecular weight is 348 g/mol.